The van der Waals surface area contributed by atoms with E-state index in [4.69, 9.17) is 9.47 Å². The quantitative estimate of drug-likeness (QED) is 0.145. The summed E-state index contributed by atoms with van der Waals surface area (Å²) in [4.78, 5) is 24.9. The van der Waals surface area contributed by atoms with Gasteiger partial charge >= 0.3 is 5.97 Å². The highest BCUT2D eigenvalue weighted by Gasteiger charge is 2.23. The van der Waals surface area contributed by atoms with Gasteiger partial charge in [-0.2, -0.15) is 5.26 Å². The maximum atomic E-state index is 12.6. The fourth-order valence-electron chi connectivity index (χ4n) is 2.97. The molecule has 0 saturated carbocycles. The molecule has 2 aromatic carbocycles. The van der Waals surface area contributed by atoms with Crippen LogP contribution in [-0.2, 0) is 14.6 Å². The normalized spacial score (nSPS) is 11.6. The number of anilines is 1. The molecule has 10 nitrogen and oxygen atoms in total. The number of ether oxygens (including phenoxy) is 2. The summed E-state index contributed by atoms with van der Waals surface area (Å²) in [6, 6.07) is 14.8. The second-order valence-electron chi connectivity index (χ2n) is 7.84. The SMILES string of the molecule is COc1cc(/C=C(/C#N)C(=O)Nc2nnc(S(=O)(=O)CC(C)C)s2)ccc1OC(=O)c1ccccc1. The fourth-order valence-corrected chi connectivity index (χ4v) is 5.57. The molecule has 0 aliphatic carbocycles. The molecule has 36 heavy (non-hydrogen) atoms. The molecule has 3 rings (SSSR count). The standard InChI is InChI=1S/C24H22N4O6S2/c1-15(2)14-36(31,32)24-28-27-23(35-24)26-21(29)18(13-25)11-16-9-10-19(20(12-16)33-3)34-22(30)17-7-5-4-6-8-17/h4-12,15H,14H2,1-3H3,(H,26,27,29)/b18-11-. The van der Waals surface area contributed by atoms with Gasteiger partial charge in [0.1, 0.15) is 11.6 Å². The van der Waals surface area contributed by atoms with Crippen molar-refractivity contribution in [3.63, 3.8) is 0 Å². The summed E-state index contributed by atoms with van der Waals surface area (Å²) >= 11 is 0.709. The van der Waals surface area contributed by atoms with Gasteiger partial charge in [-0.25, -0.2) is 13.2 Å². The van der Waals surface area contributed by atoms with E-state index in [1.165, 1.54) is 25.3 Å². The summed E-state index contributed by atoms with van der Waals surface area (Å²) in [6.45, 7) is 3.53. The lowest BCUT2D eigenvalue weighted by Gasteiger charge is -2.10. The molecule has 0 bridgehead atoms. The van der Waals surface area contributed by atoms with E-state index in [9.17, 15) is 23.3 Å². The summed E-state index contributed by atoms with van der Waals surface area (Å²) in [5.41, 5.74) is 0.521. The van der Waals surface area contributed by atoms with Crippen molar-refractivity contribution in [1.82, 2.24) is 10.2 Å². The number of hydrogen-bond acceptors (Lipinski definition) is 10. The highest BCUT2D eigenvalue weighted by atomic mass is 32.2. The van der Waals surface area contributed by atoms with Gasteiger partial charge < -0.3 is 9.47 Å². The number of methoxy groups -OCH3 is 1. The zero-order chi connectivity index (χ0) is 26.3. The molecule has 0 saturated heterocycles. The Kier molecular flexibility index (Phi) is 8.52. The summed E-state index contributed by atoms with van der Waals surface area (Å²) < 4.78 is 35.1. The van der Waals surface area contributed by atoms with Crippen molar-refractivity contribution in [2.45, 2.75) is 18.2 Å². The van der Waals surface area contributed by atoms with E-state index in [0.29, 0.717) is 22.5 Å². The van der Waals surface area contributed by atoms with E-state index in [2.05, 4.69) is 15.5 Å². The molecule has 0 aliphatic rings. The lowest BCUT2D eigenvalue weighted by molar-refractivity contribution is -0.112. The van der Waals surface area contributed by atoms with Crippen LogP contribution >= 0.6 is 11.3 Å². The average Bonchev–Trinajstić information content (AvgIpc) is 3.32. The maximum absolute atomic E-state index is 12.6. The minimum atomic E-state index is -3.62. The van der Waals surface area contributed by atoms with Crippen molar-refractivity contribution in [2.75, 3.05) is 18.2 Å². The van der Waals surface area contributed by atoms with Crippen molar-refractivity contribution in [3.8, 4) is 17.6 Å². The number of rotatable bonds is 9. The zero-order valence-corrected chi connectivity index (χ0v) is 21.2. The van der Waals surface area contributed by atoms with E-state index >= 15 is 0 Å². The van der Waals surface area contributed by atoms with Crippen LogP contribution in [0.2, 0.25) is 0 Å². The lowest BCUT2D eigenvalue weighted by atomic mass is 10.1. The van der Waals surface area contributed by atoms with Crippen molar-refractivity contribution in [1.29, 1.82) is 5.26 Å². The first-order valence-electron chi connectivity index (χ1n) is 10.6. The number of hydrogen-bond donors (Lipinski definition) is 1. The molecule has 1 N–H and O–H groups in total. The van der Waals surface area contributed by atoms with E-state index in [0.717, 1.165) is 0 Å². The van der Waals surface area contributed by atoms with Crippen LogP contribution in [0.5, 0.6) is 11.5 Å². The van der Waals surface area contributed by atoms with Crippen molar-refractivity contribution < 1.29 is 27.5 Å². The largest absolute Gasteiger partial charge is 0.493 e. The molecular weight excluding hydrogens is 504 g/mol. The molecule has 0 radical (unpaired) electrons. The Morgan fingerprint density at radius 1 is 1.14 bits per heavy atom. The number of sulfone groups is 1. The molecule has 0 aliphatic heterocycles. The highest BCUT2D eigenvalue weighted by Crippen LogP contribution is 2.30. The van der Waals surface area contributed by atoms with Crippen LogP contribution in [-0.4, -0.2) is 43.4 Å². The van der Waals surface area contributed by atoms with E-state index in [1.54, 1.807) is 56.3 Å². The first-order chi connectivity index (χ1) is 17.1. The van der Waals surface area contributed by atoms with Crippen LogP contribution in [0.15, 0.2) is 58.4 Å². The summed E-state index contributed by atoms with van der Waals surface area (Å²) in [7, 11) is -2.23. The number of nitriles is 1. The predicted molar refractivity (Wildman–Crippen MR) is 133 cm³/mol. The minimum Gasteiger partial charge on any atom is -0.493 e. The zero-order valence-electron chi connectivity index (χ0n) is 19.6. The second-order valence-corrected chi connectivity index (χ2v) is 11.0. The minimum absolute atomic E-state index is 0.0516. The molecule has 12 heteroatoms. The average molecular weight is 527 g/mol. The van der Waals surface area contributed by atoms with Crippen LogP contribution in [0, 0.1) is 17.2 Å². The van der Waals surface area contributed by atoms with Crippen LogP contribution in [0.25, 0.3) is 6.08 Å². The Labute approximate surface area is 212 Å². The lowest BCUT2D eigenvalue weighted by Crippen LogP contribution is -2.13. The Balaban J connectivity index is 1.76. The third-order valence-corrected chi connectivity index (χ3v) is 7.89. The molecule has 0 fully saturated rings. The number of carbonyl (C=O) groups is 2. The number of nitrogens with zero attached hydrogens (tertiary/aromatic N) is 3. The van der Waals surface area contributed by atoms with Gasteiger partial charge in [0.15, 0.2) is 11.5 Å². The molecule has 0 spiro atoms. The van der Waals surface area contributed by atoms with Gasteiger partial charge in [-0.3, -0.25) is 10.1 Å². The molecule has 1 amide bonds. The monoisotopic (exact) mass is 526 g/mol. The highest BCUT2D eigenvalue weighted by molar-refractivity contribution is 7.93. The Hall–Kier alpha value is -4.08. The maximum Gasteiger partial charge on any atom is 0.343 e. The number of benzene rings is 2. The van der Waals surface area contributed by atoms with Crippen molar-refractivity contribution in [3.05, 3.63) is 65.2 Å². The molecule has 186 valence electrons. The number of aromatic nitrogens is 2. The van der Waals surface area contributed by atoms with Gasteiger partial charge in [0.2, 0.25) is 19.3 Å². The third-order valence-electron chi connectivity index (χ3n) is 4.52. The Bertz CT molecular complexity index is 1440. The van der Waals surface area contributed by atoms with Crippen LogP contribution in [0.4, 0.5) is 5.13 Å². The number of amides is 1. The Morgan fingerprint density at radius 3 is 2.50 bits per heavy atom. The number of nitrogens with one attached hydrogen (secondary N) is 1. The molecule has 0 atom stereocenters. The van der Waals surface area contributed by atoms with Gasteiger partial charge in [0.05, 0.1) is 18.4 Å². The molecule has 1 heterocycles. The summed E-state index contributed by atoms with van der Waals surface area (Å²) in [5, 5.41) is 19.2. The van der Waals surface area contributed by atoms with Gasteiger partial charge in [0.25, 0.3) is 5.91 Å². The van der Waals surface area contributed by atoms with Crippen molar-refractivity contribution >= 4 is 44.3 Å². The smallest absolute Gasteiger partial charge is 0.343 e. The van der Waals surface area contributed by atoms with Crippen LogP contribution in [0.1, 0.15) is 29.8 Å². The predicted octanol–water partition coefficient (Wildman–Crippen LogP) is 3.74. The van der Waals surface area contributed by atoms with Crippen LogP contribution < -0.4 is 14.8 Å². The molecule has 0 unspecified atom stereocenters. The summed E-state index contributed by atoms with van der Waals surface area (Å²) in [6.07, 6.45) is 1.30. The second kappa shape index (κ2) is 11.6. The first kappa shape index (κ1) is 26.5. The van der Waals surface area contributed by atoms with Gasteiger partial charge in [0, 0.05) is 0 Å². The number of esters is 1. The van der Waals surface area contributed by atoms with Gasteiger partial charge in [-0.1, -0.05) is 49.4 Å². The summed E-state index contributed by atoms with van der Waals surface area (Å²) in [5.74, 6) is -1.18. The van der Waals surface area contributed by atoms with E-state index in [-0.39, 0.29) is 38.2 Å². The molecular formula is C24H22N4O6S2. The van der Waals surface area contributed by atoms with Gasteiger partial charge in [-0.15, -0.1) is 10.2 Å². The van der Waals surface area contributed by atoms with Crippen LogP contribution in [0.3, 0.4) is 0 Å². The Morgan fingerprint density at radius 2 is 1.86 bits per heavy atom. The molecule has 3 aromatic rings. The topological polar surface area (TPSA) is 148 Å². The van der Waals surface area contributed by atoms with Gasteiger partial charge in [-0.05, 0) is 41.8 Å². The third kappa shape index (κ3) is 6.74. The fraction of sp³-hybridized carbons (Fsp3) is 0.208. The van der Waals surface area contributed by atoms with E-state index < -0.39 is 21.7 Å². The first-order valence-corrected chi connectivity index (χ1v) is 13.0. The van der Waals surface area contributed by atoms with Crippen molar-refractivity contribution in [2.24, 2.45) is 5.92 Å². The number of carbonyl (C=O) groups excluding carboxylic acids is 2. The molecule has 1 aromatic heterocycles. The van der Waals surface area contributed by atoms with E-state index in [1.807, 2.05) is 0 Å².